The number of fused-ring (bicyclic) bond motifs is 1. The molecule has 2 aromatic rings. The van der Waals surface area contributed by atoms with Gasteiger partial charge in [-0.05, 0) is 31.0 Å². The summed E-state index contributed by atoms with van der Waals surface area (Å²) in [7, 11) is 1.94. The number of carbonyl (C=O) groups excluding carboxylic acids is 1. The first-order chi connectivity index (χ1) is 13.4. The Balaban J connectivity index is 1.26. The van der Waals surface area contributed by atoms with Crippen LogP contribution in [0.1, 0.15) is 35.2 Å². The average Bonchev–Trinajstić information content (AvgIpc) is 3.22. The van der Waals surface area contributed by atoms with E-state index in [-0.39, 0.29) is 11.5 Å². The molecule has 2 N–H and O–H groups in total. The number of nitrogens with one attached hydrogen (secondary N) is 2. The van der Waals surface area contributed by atoms with Crippen LogP contribution in [0.2, 0.25) is 5.02 Å². The van der Waals surface area contributed by atoms with Crippen molar-refractivity contribution >= 4 is 23.2 Å². The first kappa shape index (κ1) is 18.0. The molecule has 1 atom stereocenters. The van der Waals surface area contributed by atoms with Crippen molar-refractivity contribution in [2.75, 3.05) is 25.0 Å². The van der Waals surface area contributed by atoms with Gasteiger partial charge in [0, 0.05) is 55.6 Å². The van der Waals surface area contributed by atoms with Gasteiger partial charge < -0.3 is 15.4 Å². The molecular formula is C20H24ClN5O2. The summed E-state index contributed by atoms with van der Waals surface area (Å²) in [5, 5.41) is 11.5. The largest absolute Gasteiger partial charge is 0.370 e. The number of anilines is 1. The summed E-state index contributed by atoms with van der Waals surface area (Å²) in [5.74, 6) is -0.0917. The number of piperidine rings is 1. The van der Waals surface area contributed by atoms with Crippen LogP contribution in [-0.2, 0) is 18.3 Å². The number of halogens is 1. The van der Waals surface area contributed by atoms with E-state index in [1.54, 1.807) is 6.07 Å². The molecule has 0 radical (unpaired) electrons. The molecule has 2 fully saturated rings. The van der Waals surface area contributed by atoms with Crippen molar-refractivity contribution in [1.29, 1.82) is 0 Å². The molecule has 1 aromatic heterocycles. The maximum absolute atomic E-state index is 12.6. The number of nitrogens with zero attached hydrogens (tertiary/aromatic N) is 3. The second-order valence-corrected chi connectivity index (χ2v) is 8.73. The van der Waals surface area contributed by atoms with E-state index in [0.717, 1.165) is 44.6 Å². The Morgan fingerprint density at radius 3 is 2.86 bits per heavy atom. The minimum atomic E-state index is -0.538. The molecule has 1 aromatic carbocycles. The topological polar surface area (TPSA) is 71.4 Å². The summed E-state index contributed by atoms with van der Waals surface area (Å²) in [6.45, 7) is 3.35. The Hall–Kier alpha value is -2.09. The fraction of sp³-hybridized carbons (Fsp3) is 0.500. The Morgan fingerprint density at radius 2 is 2.11 bits per heavy atom. The van der Waals surface area contributed by atoms with Gasteiger partial charge in [-0.1, -0.05) is 11.6 Å². The van der Waals surface area contributed by atoms with Crippen molar-refractivity contribution in [1.82, 2.24) is 20.0 Å². The van der Waals surface area contributed by atoms with E-state index in [1.165, 1.54) is 5.56 Å². The van der Waals surface area contributed by atoms with Gasteiger partial charge in [-0.25, -0.2) is 0 Å². The van der Waals surface area contributed by atoms with Crippen molar-refractivity contribution in [3.05, 3.63) is 46.7 Å². The Morgan fingerprint density at radius 1 is 1.29 bits per heavy atom. The molecule has 5 rings (SSSR count). The van der Waals surface area contributed by atoms with E-state index >= 15 is 0 Å². The van der Waals surface area contributed by atoms with E-state index in [1.807, 2.05) is 30.1 Å². The second kappa shape index (κ2) is 6.47. The van der Waals surface area contributed by atoms with Crippen LogP contribution in [0, 0.1) is 0 Å². The molecule has 148 valence electrons. The van der Waals surface area contributed by atoms with Crippen LogP contribution < -0.4 is 10.6 Å². The van der Waals surface area contributed by atoms with Gasteiger partial charge >= 0.3 is 0 Å². The quantitative estimate of drug-likeness (QED) is 0.808. The summed E-state index contributed by atoms with van der Waals surface area (Å²) in [4.78, 5) is 15.1. The smallest absolute Gasteiger partial charge is 0.255 e. The van der Waals surface area contributed by atoms with E-state index in [0.29, 0.717) is 17.2 Å². The number of rotatable bonds is 2. The Bertz CT molecular complexity index is 921. The van der Waals surface area contributed by atoms with Gasteiger partial charge in [-0.3, -0.25) is 14.4 Å². The van der Waals surface area contributed by atoms with Crippen molar-refractivity contribution in [2.45, 2.75) is 37.1 Å². The van der Waals surface area contributed by atoms with Gasteiger partial charge in [0.1, 0.15) is 5.66 Å². The highest BCUT2D eigenvalue weighted by molar-refractivity contribution is 6.31. The van der Waals surface area contributed by atoms with Crippen molar-refractivity contribution in [3.8, 4) is 0 Å². The third-order valence-electron chi connectivity index (χ3n) is 6.13. The zero-order chi connectivity index (χ0) is 19.4. The number of likely N-dealkylation sites (tertiary alicyclic amines) is 1. The molecular weight excluding hydrogens is 378 g/mol. The number of carbonyl (C=O) groups is 1. The number of aryl methyl sites for hydroxylation is 1. The maximum atomic E-state index is 12.6. The first-order valence-corrected chi connectivity index (χ1v) is 10.1. The lowest BCUT2D eigenvalue weighted by Crippen LogP contribution is -2.59. The summed E-state index contributed by atoms with van der Waals surface area (Å²) in [6.07, 6.45) is 6.68. The molecule has 0 saturated carbocycles. The van der Waals surface area contributed by atoms with Crippen LogP contribution in [0.25, 0.3) is 0 Å². The highest BCUT2D eigenvalue weighted by Gasteiger charge is 2.53. The number of ether oxygens (including phenoxy) is 1. The number of hydrogen-bond donors (Lipinski definition) is 2. The van der Waals surface area contributed by atoms with E-state index in [4.69, 9.17) is 16.3 Å². The molecule has 0 aliphatic carbocycles. The number of hydrogen-bond acceptors (Lipinski definition) is 5. The standard InChI is InChI=1S/C20H24ClN5O2/c1-25-10-14(9-22-25)11-26-6-4-19(5-7-26)12-20(13-28-19)23-17-3-2-15(21)8-16(17)18(27)24-20/h2-3,8-10,23H,4-7,11-13H2,1H3,(H,24,27). The van der Waals surface area contributed by atoms with Gasteiger partial charge in [0.05, 0.1) is 24.0 Å². The predicted octanol–water partition coefficient (Wildman–Crippen LogP) is 2.38. The van der Waals surface area contributed by atoms with Crippen molar-refractivity contribution in [3.63, 3.8) is 0 Å². The Labute approximate surface area is 169 Å². The lowest BCUT2D eigenvalue weighted by Gasteiger charge is -2.41. The van der Waals surface area contributed by atoms with E-state index < -0.39 is 5.66 Å². The maximum Gasteiger partial charge on any atom is 0.255 e. The molecule has 7 nitrogen and oxygen atoms in total. The van der Waals surface area contributed by atoms with Crippen LogP contribution in [0.5, 0.6) is 0 Å². The number of amides is 1. The SMILES string of the molecule is Cn1cc(CN2CCC3(CC2)CC2(CO3)NC(=O)c3cc(Cl)ccc3N2)cn1. The molecule has 1 amide bonds. The molecule has 3 aliphatic rings. The average molecular weight is 402 g/mol. The molecule has 28 heavy (non-hydrogen) atoms. The van der Waals surface area contributed by atoms with Gasteiger partial charge in [0.25, 0.3) is 5.91 Å². The Kier molecular flexibility index (Phi) is 4.15. The monoisotopic (exact) mass is 401 g/mol. The van der Waals surface area contributed by atoms with E-state index in [9.17, 15) is 4.79 Å². The van der Waals surface area contributed by atoms with Gasteiger partial charge in [0.2, 0.25) is 0 Å². The molecule has 4 heterocycles. The molecule has 1 unspecified atom stereocenters. The fourth-order valence-corrected chi connectivity index (χ4v) is 4.90. The normalized spacial score (nSPS) is 26.3. The van der Waals surface area contributed by atoms with E-state index in [2.05, 4.69) is 26.8 Å². The van der Waals surface area contributed by atoms with Crippen LogP contribution in [0.15, 0.2) is 30.6 Å². The first-order valence-electron chi connectivity index (χ1n) is 9.68. The minimum Gasteiger partial charge on any atom is -0.370 e. The zero-order valence-corrected chi connectivity index (χ0v) is 16.6. The minimum absolute atomic E-state index is 0.0917. The van der Waals surface area contributed by atoms with Crippen LogP contribution >= 0.6 is 11.6 Å². The van der Waals surface area contributed by atoms with Crippen LogP contribution in [0.3, 0.4) is 0 Å². The highest BCUT2D eigenvalue weighted by Crippen LogP contribution is 2.43. The molecule has 0 bridgehead atoms. The zero-order valence-electron chi connectivity index (χ0n) is 15.9. The van der Waals surface area contributed by atoms with Gasteiger partial charge in [-0.2, -0.15) is 5.10 Å². The highest BCUT2D eigenvalue weighted by atomic mass is 35.5. The van der Waals surface area contributed by atoms with Crippen molar-refractivity contribution in [2.24, 2.45) is 7.05 Å². The summed E-state index contributed by atoms with van der Waals surface area (Å²) in [5.41, 5.74) is 1.92. The number of benzene rings is 1. The predicted molar refractivity (Wildman–Crippen MR) is 106 cm³/mol. The molecule has 8 heteroatoms. The summed E-state index contributed by atoms with van der Waals surface area (Å²) in [6, 6.07) is 5.39. The molecule has 2 spiro atoms. The third-order valence-corrected chi connectivity index (χ3v) is 6.37. The second-order valence-electron chi connectivity index (χ2n) is 8.30. The van der Waals surface area contributed by atoms with Crippen molar-refractivity contribution < 1.29 is 9.53 Å². The lowest BCUT2D eigenvalue weighted by molar-refractivity contribution is -0.0452. The fourth-order valence-electron chi connectivity index (χ4n) is 4.73. The van der Waals surface area contributed by atoms with Crippen LogP contribution in [0.4, 0.5) is 5.69 Å². The molecule has 3 aliphatic heterocycles. The lowest BCUT2D eigenvalue weighted by atomic mass is 9.84. The third kappa shape index (κ3) is 3.17. The van der Waals surface area contributed by atoms with Gasteiger partial charge in [0.15, 0.2) is 0 Å². The summed E-state index contributed by atoms with van der Waals surface area (Å²) < 4.78 is 8.16. The van der Waals surface area contributed by atoms with Gasteiger partial charge in [-0.15, -0.1) is 0 Å². The molecule has 2 saturated heterocycles. The van der Waals surface area contributed by atoms with Crippen LogP contribution in [-0.4, -0.2) is 51.5 Å². The number of aromatic nitrogens is 2. The summed E-state index contributed by atoms with van der Waals surface area (Å²) >= 11 is 6.04.